The maximum absolute atomic E-state index is 12.3. The number of nitrogen functional groups attached to an aromatic ring is 1. The maximum Gasteiger partial charge on any atom is 0.256 e. The number of nitrogens with two attached hydrogens (primary N) is 1. The number of carbonyl (C=O) groups excluding carboxylic acids is 1. The van der Waals surface area contributed by atoms with Crippen LogP contribution < -0.4 is 11.1 Å². The van der Waals surface area contributed by atoms with Gasteiger partial charge < -0.3 is 11.1 Å². The smallest absolute Gasteiger partial charge is 0.256 e. The van der Waals surface area contributed by atoms with Crippen molar-refractivity contribution in [3.63, 3.8) is 0 Å². The van der Waals surface area contributed by atoms with Crippen molar-refractivity contribution in [1.82, 2.24) is 0 Å². The SMILES string of the molecule is CSc1ccccc1C(=O)Nc1cc(N)ccc1C. The van der Waals surface area contributed by atoms with Crippen LogP contribution in [0, 0.1) is 6.92 Å². The average molecular weight is 272 g/mol. The number of benzene rings is 2. The van der Waals surface area contributed by atoms with E-state index in [1.807, 2.05) is 49.6 Å². The van der Waals surface area contributed by atoms with Crippen LogP contribution in [0.25, 0.3) is 0 Å². The molecule has 0 aliphatic heterocycles. The Morgan fingerprint density at radius 3 is 2.68 bits per heavy atom. The molecule has 3 N–H and O–H groups in total. The highest BCUT2D eigenvalue weighted by atomic mass is 32.2. The number of carbonyl (C=O) groups is 1. The summed E-state index contributed by atoms with van der Waals surface area (Å²) in [6, 6.07) is 13.0. The second-order valence-electron chi connectivity index (χ2n) is 4.23. The predicted molar refractivity (Wildman–Crippen MR) is 81.8 cm³/mol. The van der Waals surface area contributed by atoms with Crippen LogP contribution in [0.2, 0.25) is 0 Å². The summed E-state index contributed by atoms with van der Waals surface area (Å²) in [5, 5.41) is 2.91. The first-order valence-corrected chi connectivity index (χ1v) is 7.15. The molecule has 2 aromatic carbocycles. The van der Waals surface area contributed by atoms with Crippen molar-refractivity contribution in [2.75, 3.05) is 17.3 Å². The van der Waals surface area contributed by atoms with Gasteiger partial charge in [0.25, 0.3) is 5.91 Å². The van der Waals surface area contributed by atoms with Crippen LogP contribution >= 0.6 is 11.8 Å². The number of thioether (sulfide) groups is 1. The van der Waals surface area contributed by atoms with Gasteiger partial charge in [-0.15, -0.1) is 11.8 Å². The Morgan fingerprint density at radius 2 is 1.95 bits per heavy atom. The van der Waals surface area contributed by atoms with Gasteiger partial charge in [-0.1, -0.05) is 18.2 Å². The number of hydrogen-bond donors (Lipinski definition) is 2. The lowest BCUT2D eigenvalue weighted by Gasteiger charge is -2.11. The lowest BCUT2D eigenvalue weighted by atomic mass is 10.1. The van der Waals surface area contributed by atoms with Gasteiger partial charge in [-0.05, 0) is 43.0 Å². The van der Waals surface area contributed by atoms with Crippen LogP contribution in [0.1, 0.15) is 15.9 Å². The van der Waals surface area contributed by atoms with E-state index in [0.29, 0.717) is 11.3 Å². The number of anilines is 2. The molecule has 3 nitrogen and oxygen atoms in total. The molecule has 0 saturated carbocycles. The van der Waals surface area contributed by atoms with Crippen molar-refractivity contribution in [3.05, 3.63) is 53.6 Å². The number of aryl methyl sites for hydroxylation is 1. The van der Waals surface area contributed by atoms with Gasteiger partial charge in [0.2, 0.25) is 0 Å². The quantitative estimate of drug-likeness (QED) is 0.663. The summed E-state index contributed by atoms with van der Waals surface area (Å²) < 4.78 is 0. The van der Waals surface area contributed by atoms with Gasteiger partial charge in [-0.25, -0.2) is 0 Å². The van der Waals surface area contributed by atoms with Gasteiger partial charge in [0, 0.05) is 16.3 Å². The van der Waals surface area contributed by atoms with E-state index in [2.05, 4.69) is 5.32 Å². The molecule has 98 valence electrons. The molecule has 19 heavy (non-hydrogen) atoms. The number of rotatable bonds is 3. The molecule has 0 bridgehead atoms. The van der Waals surface area contributed by atoms with E-state index >= 15 is 0 Å². The molecule has 0 fully saturated rings. The minimum absolute atomic E-state index is 0.112. The molecule has 0 aromatic heterocycles. The molecule has 1 amide bonds. The van der Waals surface area contributed by atoms with E-state index in [1.54, 1.807) is 17.8 Å². The van der Waals surface area contributed by atoms with E-state index in [1.165, 1.54) is 0 Å². The number of amides is 1. The molecular weight excluding hydrogens is 256 g/mol. The van der Waals surface area contributed by atoms with Gasteiger partial charge in [-0.2, -0.15) is 0 Å². The second kappa shape index (κ2) is 5.80. The highest BCUT2D eigenvalue weighted by Crippen LogP contribution is 2.23. The topological polar surface area (TPSA) is 55.1 Å². The summed E-state index contributed by atoms with van der Waals surface area (Å²) in [6.45, 7) is 1.94. The van der Waals surface area contributed by atoms with Crippen LogP contribution in [-0.2, 0) is 0 Å². The largest absolute Gasteiger partial charge is 0.399 e. The Morgan fingerprint density at radius 1 is 1.21 bits per heavy atom. The summed E-state index contributed by atoms with van der Waals surface area (Å²) >= 11 is 1.56. The van der Waals surface area contributed by atoms with Gasteiger partial charge in [0.15, 0.2) is 0 Å². The third kappa shape index (κ3) is 3.09. The first-order chi connectivity index (χ1) is 9.11. The first kappa shape index (κ1) is 13.5. The molecule has 0 unspecified atom stereocenters. The summed E-state index contributed by atoms with van der Waals surface area (Å²) in [4.78, 5) is 13.3. The zero-order valence-electron chi connectivity index (χ0n) is 10.9. The Bertz CT molecular complexity index is 611. The Balaban J connectivity index is 2.28. The summed E-state index contributed by atoms with van der Waals surface area (Å²) in [6.07, 6.45) is 1.96. The average Bonchev–Trinajstić information content (AvgIpc) is 2.42. The fourth-order valence-electron chi connectivity index (χ4n) is 1.80. The zero-order valence-corrected chi connectivity index (χ0v) is 11.8. The van der Waals surface area contributed by atoms with Gasteiger partial charge >= 0.3 is 0 Å². The molecule has 0 radical (unpaired) electrons. The van der Waals surface area contributed by atoms with Crippen molar-refractivity contribution >= 4 is 29.0 Å². The van der Waals surface area contributed by atoms with Crippen molar-refractivity contribution in [3.8, 4) is 0 Å². The Labute approximate surface area is 117 Å². The molecule has 0 atom stereocenters. The molecule has 2 rings (SSSR count). The monoisotopic (exact) mass is 272 g/mol. The summed E-state index contributed by atoms with van der Waals surface area (Å²) in [5.74, 6) is -0.112. The zero-order chi connectivity index (χ0) is 13.8. The molecule has 0 saturated heterocycles. The standard InChI is InChI=1S/C15H16N2OS/c1-10-7-8-11(16)9-13(10)17-15(18)12-5-3-4-6-14(12)19-2/h3-9H,16H2,1-2H3,(H,17,18). The normalized spacial score (nSPS) is 10.2. The second-order valence-corrected chi connectivity index (χ2v) is 5.08. The third-order valence-electron chi connectivity index (χ3n) is 2.86. The van der Waals surface area contributed by atoms with Crippen LogP contribution in [0.5, 0.6) is 0 Å². The third-order valence-corrected chi connectivity index (χ3v) is 3.66. The molecule has 0 aliphatic rings. The van der Waals surface area contributed by atoms with Gasteiger partial charge in [0.1, 0.15) is 0 Å². The fraction of sp³-hybridized carbons (Fsp3) is 0.133. The highest BCUT2D eigenvalue weighted by molar-refractivity contribution is 7.98. The molecular formula is C15H16N2OS. The van der Waals surface area contributed by atoms with Crippen molar-refractivity contribution in [2.45, 2.75) is 11.8 Å². The summed E-state index contributed by atoms with van der Waals surface area (Å²) in [5.41, 5.74) is 8.80. The maximum atomic E-state index is 12.3. The summed E-state index contributed by atoms with van der Waals surface area (Å²) in [7, 11) is 0. The molecule has 4 heteroatoms. The first-order valence-electron chi connectivity index (χ1n) is 5.92. The van der Waals surface area contributed by atoms with Crippen molar-refractivity contribution < 1.29 is 4.79 Å². The minimum Gasteiger partial charge on any atom is -0.399 e. The van der Waals surface area contributed by atoms with Crippen LogP contribution in [0.3, 0.4) is 0 Å². The van der Waals surface area contributed by atoms with Crippen LogP contribution in [-0.4, -0.2) is 12.2 Å². The van der Waals surface area contributed by atoms with Crippen molar-refractivity contribution in [2.24, 2.45) is 0 Å². The Hall–Kier alpha value is -1.94. The van der Waals surface area contributed by atoms with Crippen LogP contribution in [0.15, 0.2) is 47.4 Å². The number of nitrogens with one attached hydrogen (secondary N) is 1. The van der Waals surface area contributed by atoms with E-state index in [9.17, 15) is 4.79 Å². The molecule has 0 aliphatic carbocycles. The number of hydrogen-bond acceptors (Lipinski definition) is 3. The van der Waals surface area contributed by atoms with Gasteiger partial charge in [0.05, 0.1) is 5.56 Å². The van der Waals surface area contributed by atoms with Crippen molar-refractivity contribution in [1.29, 1.82) is 0 Å². The van der Waals surface area contributed by atoms with E-state index in [0.717, 1.165) is 16.1 Å². The molecule has 0 heterocycles. The van der Waals surface area contributed by atoms with Crippen LogP contribution in [0.4, 0.5) is 11.4 Å². The molecule has 0 spiro atoms. The van der Waals surface area contributed by atoms with E-state index in [-0.39, 0.29) is 5.91 Å². The van der Waals surface area contributed by atoms with E-state index in [4.69, 9.17) is 5.73 Å². The fourth-order valence-corrected chi connectivity index (χ4v) is 2.39. The predicted octanol–water partition coefficient (Wildman–Crippen LogP) is 3.55. The van der Waals surface area contributed by atoms with Gasteiger partial charge in [-0.3, -0.25) is 4.79 Å². The Kier molecular flexibility index (Phi) is 4.12. The van der Waals surface area contributed by atoms with E-state index < -0.39 is 0 Å². The lowest BCUT2D eigenvalue weighted by Crippen LogP contribution is -2.14. The highest BCUT2D eigenvalue weighted by Gasteiger charge is 2.11. The lowest BCUT2D eigenvalue weighted by molar-refractivity contribution is 0.102. The minimum atomic E-state index is -0.112. The molecule has 2 aromatic rings.